The fourth-order valence-electron chi connectivity index (χ4n) is 1.79. The second-order valence-corrected chi connectivity index (χ2v) is 5.79. The van der Waals surface area contributed by atoms with Crippen LogP contribution in [0.25, 0.3) is 0 Å². The van der Waals surface area contributed by atoms with Crippen LogP contribution < -0.4 is 11.1 Å². The number of halogens is 1. The van der Waals surface area contributed by atoms with Crippen molar-refractivity contribution in [3.8, 4) is 0 Å². The Hall–Kier alpha value is -1.40. The molecular weight excluding hydrogens is 324 g/mol. The quantitative estimate of drug-likeness (QED) is 0.836. The van der Waals surface area contributed by atoms with Gasteiger partial charge in [-0.25, -0.2) is 4.68 Å². The molecule has 2 aromatic rings. The van der Waals surface area contributed by atoms with E-state index in [-0.39, 0.29) is 6.04 Å². The minimum Gasteiger partial charge on any atom is -0.389 e. The van der Waals surface area contributed by atoms with E-state index in [0.29, 0.717) is 4.99 Å². The Bertz CT molecular complexity index is 606. The summed E-state index contributed by atoms with van der Waals surface area (Å²) in [5, 5.41) is 7.61. The van der Waals surface area contributed by atoms with Gasteiger partial charge in [0, 0.05) is 27.8 Å². The summed E-state index contributed by atoms with van der Waals surface area (Å²) in [4.78, 5) is 0.361. The summed E-state index contributed by atoms with van der Waals surface area (Å²) in [6.45, 7) is 4.16. The molecule has 0 bridgehead atoms. The Morgan fingerprint density at radius 1 is 1.42 bits per heavy atom. The van der Waals surface area contributed by atoms with E-state index in [1.54, 1.807) is 6.20 Å². The van der Waals surface area contributed by atoms with Crippen LogP contribution in [0.1, 0.15) is 25.5 Å². The van der Waals surface area contributed by atoms with Gasteiger partial charge in [-0.2, -0.15) is 5.10 Å². The van der Waals surface area contributed by atoms with Crippen molar-refractivity contribution < 1.29 is 0 Å². The number of benzene rings is 1. The van der Waals surface area contributed by atoms with E-state index in [2.05, 4.69) is 40.2 Å². The molecule has 0 atom stereocenters. The Balaban J connectivity index is 2.38. The van der Waals surface area contributed by atoms with Crippen molar-refractivity contribution in [3.05, 3.63) is 40.5 Å². The molecule has 0 amide bonds. The standard InChI is InChI=1S/C13H15BrN4S/c1-8(2)18-12(5-6-16-18)17-11-4-3-9(14)7-10(11)13(15)19/h3-8,17H,1-2H3,(H2,15,19). The van der Waals surface area contributed by atoms with E-state index in [1.807, 2.05) is 28.9 Å². The molecule has 19 heavy (non-hydrogen) atoms. The van der Waals surface area contributed by atoms with Crippen molar-refractivity contribution in [1.29, 1.82) is 0 Å². The molecule has 3 N–H and O–H groups in total. The molecule has 0 saturated heterocycles. The number of nitrogens with zero attached hydrogens (tertiary/aromatic N) is 2. The lowest BCUT2D eigenvalue weighted by Gasteiger charge is -2.15. The Labute approximate surface area is 126 Å². The first-order valence-electron chi connectivity index (χ1n) is 5.89. The maximum atomic E-state index is 5.76. The number of hydrogen-bond donors (Lipinski definition) is 2. The van der Waals surface area contributed by atoms with Crippen molar-refractivity contribution in [3.63, 3.8) is 0 Å². The molecule has 0 aliphatic carbocycles. The highest BCUT2D eigenvalue weighted by molar-refractivity contribution is 9.10. The number of aromatic nitrogens is 2. The van der Waals surface area contributed by atoms with Crippen molar-refractivity contribution in [2.24, 2.45) is 5.73 Å². The van der Waals surface area contributed by atoms with Crippen LogP contribution in [0.2, 0.25) is 0 Å². The van der Waals surface area contributed by atoms with E-state index in [4.69, 9.17) is 18.0 Å². The lowest BCUT2D eigenvalue weighted by Crippen LogP contribution is -2.13. The summed E-state index contributed by atoms with van der Waals surface area (Å²) in [6.07, 6.45) is 1.77. The highest BCUT2D eigenvalue weighted by Gasteiger charge is 2.10. The van der Waals surface area contributed by atoms with Crippen LogP contribution in [0.3, 0.4) is 0 Å². The molecule has 100 valence electrons. The minimum absolute atomic E-state index is 0.279. The van der Waals surface area contributed by atoms with E-state index in [9.17, 15) is 0 Å². The highest BCUT2D eigenvalue weighted by Crippen LogP contribution is 2.25. The first kappa shape index (κ1) is 14.0. The zero-order valence-corrected chi connectivity index (χ0v) is 13.1. The molecule has 1 heterocycles. The van der Waals surface area contributed by atoms with Crippen molar-refractivity contribution >= 4 is 44.6 Å². The predicted octanol–water partition coefficient (Wildman–Crippen LogP) is 3.60. The summed E-state index contributed by atoms with van der Waals surface area (Å²) in [5.74, 6) is 0.912. The van der Waals surface area contributed by atoms with Crippen LogP contribution in [0.4, 0.5) is 11.5 Å². The average Bonchev–Trinajstić information content (AvgIpc) is 2.79. The van der Waals surface area contributed by atoms with E-state index < -0.39 is 0 Å². The lowest BCUT2D eigenvalue weighted by atomic mass is 10.2. The first-order chi connectivity index (χ1) is 8.99. The van der Waals surface area contributed by atoms with Gasteiger partial charge in [0.1, 0.15) is 10.8 Å². The second kappa shape index (κ2) is 5.71. The van der Waals surface area contributed by atoms with E-state index in [0.717, 1.165) is 21.5 Å². The van der Waals surface area contributed by atoms with Crippen LogP contribution >= 0.6 is 28.1 Å². The van der Waals surface area contributed by atoms with Crippen molar-refractivity contribution in [1.82, 2.24) is 9.78 Å². The zero-order chi connectivity index (χ0) is 14.0. The van der Waals surface area contributed by atoms with Crippen LogP contribution in [-0.2, 0) is 0 Å². The Morgan fingerprint density at radius 3 is 2.79 bits per heavy atom. The van der Waals surface area contributed by atoms with Crippen LogP contribution in [0, 0.1) is 0 Å². The molecule has 0 unspecified atom stereocenters. The van der Waals surface area contributed by atoms with Gasteiger partial charge in [-0.1, -0.05) is 28.1 Å². The summed E-state index contributed by atoms with van der Waals surface area (Å²) in [6, 6.07) is 7.99. The van der Waals surface area contributed by atoms with E-state index in [1.165, 1.54) is 0 Å². The van der Waals surface area contributed by atoms with Gasteiger partial charge in [0.05, 0.1) is 6.20 Å². The molecule has 4 nitrogen and oxygen atoms in total. The number of nitrogens with two attached hydrogens (primary N) is 1. The smallest absolute Gasteiger partial charge is 0.128 e. The van der Waals surface area contributed by atoms with Crippen molar-refractivity contribution in [2.45, 2.75) is 19.9 Å². The van der Waals surface area contributed by atoms with Crippen LogP contribution in [-0.4, -0.2) is 14.8 Å². The molecule has 1 aromatic heterocycles. The minimum atomic E-state index is 0.279. The van der Waals surface area contributed by atoms with Gasteiger partial charge in [0.2, 0.25) is 0 Å². The first-order valence-corrected chi connectivity index (χ1v) is 7.09. The molecular formula is C13H15BrN4S. The zero-order valence-electron chi connectivity index (χ0n) is 10.7. The third-order valence-corrected chi connectivity index (χ3v) is 3.38. The van der Waals surface area contributed by atoms with Gasteiger partial charge in [-0.3, -0.25) is 0 Å². The fraction of sp³-hybridized carbons (Fsp3) is 0.231. The van der Waals surface area contributed by atoms with Gasteiger partial charge in [0.25, 0.3) is 0 Å². The van der Waals surface area contributed by atoms with Gasteiger partial charge in [-0.15, -0.1) is 0 Å². The summed E-state index contributed by atoms with van der Waals surface area (Å²) < 4.78 is 2.85. The molecule has 0 saturated carbocycles. The molecule has 1 aromatic carbocycles. The van der Waals surface area contributed by atoms with Gasteiger partial charge < -0.3 is 11.1 Å². The normalized spacial score (nSPS) is 10.7. The second-order valence-electron chi connectivity index (χ2n) is 4.43. The maximum absolute atomic E-state index is 5.76. The molecule has 0 aliphatic rings. The maximum Gasteiger partial charge on any atom is 0.128 e. The van der Waals surface area contributed by atoms with Crippen LogP contribution in [0.5, 0.6) is 0 Å². The summed E-state index contributed by atoms with van der Waals surface area (Å²) in [7, 11) is 0. The third-order valence-electron chi connectivity index (χ3n) is 2.67. The molecule has 2 rings (SSSR count). The molecule has 6 heteroatoms. The SMILES string of the molecule is CC(C)n1nccc1Nc1ccc(Br)cc1C(N)=S. The molecule has 0 radical (unpaired) electrons. The number of rotatable bonds is 4. The largest absolute Gasteiger partial charge is 0.389 e. The number of hydrogen-bond acceptors (Lipinski definition) is 3. The highest BCUT2D eigenvalue weighted by atomic mass is 79.9. The monoisotopic (exact) mass is 338 g/mol. The Morgan fingerprint density at radius 2 is 2.16 bits per heavy atom. The van der Waals surface area contributed by atoms with Gasteiger partial charge in [-0.05, 0) is 32.0 Å². The topological polar surface area (TPSA) is 55.9 Å². The molecule has 0 spiro atoms. The molecule has 0 aliphatic heterocycles. The number of nitrogens with one attached hydrogen (secondary N) is 1. The van der Waals surface area contributed by atoms with Crippen LogP contribution in [0.15, 0.2) is 34.9 Å². The number of thiocarbonyl (C=S) groups is 1. The Kier molecular flexibility index (Phi) is 4.21. The molecule has 0 fully saturated rings. The third kappa shape index (κ3) is 3.13. The van der Waals surface area contributed by atoms with Gasteiger partial charge in [0.15, 0.2) is 0 Å². The van der Waals surface area contributed by atoms with Gasteiger partial charge >= 0.3 is 0 Å². The van der Waals surface area contributed by atoms with Crippen molar-refractivity contribution in [2.75, 3.05) is 5.32 Å². The summed E-state index contributed by atoms with van der Waals surface area (Å²) in [5.41, 5.74) is 7.44. The lowest BCUT2D eigenvalue weighted by molar-refractivity contribution is 0.540. The predicted molar refractivity (Wildman–Crippen MR) is 85.9 cm³/mol. The number of anilines is 2. The average molecular weight is 339 g/mol. The van der Waals surface area contributed by atoms with E-state index >= 15 is 0 Å². The fourth-order valence-corrected chi connectivity index (χ4v) is 2.32. The summed E-state index contributed by atoms with van der Waals surface area (Å²) >= 11 is 8.50.